The lowest BCUT2D eigenvalue weighted by Gasteiger charge is -2.31. The summed E-state index contributed by atoms with van der Waals surface area (Å²) in [5.41, 5.74) is 5.83. The third-order valence-electron chi connectivity index (χ3n) is 3.24. The lowest BCUT2D eigenvalue weighted by Crippen LogP contribution is -2.44. The molecule has 3 nitrogen and oxygen atoms in total. The van der Waals surface area contributed by atoms with E-state index in [-0.39, 0.29) is 17.9 Å². The van der Waals surface area contributed by atoms with Crippen LogP contribution in [0.15, 0.2) is 12.1 Å². The van der Waals surface area contributed by atoms with Crippen LogP contribution < -0.4 is 5.73 Å². The average molecular weight is 273 g/mol. The van der Waals surface area contributed by atoms with Gasteiger partial charge in [0.2, 0.25) is 5.91 Å². The van der Waals surface area contributed by atoms with E-state index in [1.807, 2.05) is 24.0 Å². The van der Waals surface area contributed by atoms with Gasteiger partial charge in [-0.1, -0.05) is 11.6 Å². The van der Waals surface area contributed by atoms with E-state index in [4.69, 9.17) is 17.3 Å². The second-order valence-electron chi connectivity index (χ2n) is 4.53. The fourth-order valence-corrected chi connectivity index (χ4v) is 3.18. The Bertz CT molecular complexity index is 399. The first-order chi connectivity index (χ1) is 8.08. The van der Waals surface area contributed by atoms with Crippen molar-refractivity contribution in [2.75, 3.05) is 13.1 Å². The standard InChI is InChI=1S/C12H17ClN2OS/c1-8(10-2-3-11(13)17-10)12(16)15-6-4-9(14)5-7-15/h2-3,8-9H,4-7,14H2,1H3. The van der Waals surface area contributed by atoms with Crippen molar-refractivity contribution in [2.45, 2.75) is 31.7 Å². The molecule has 1 saturated heterocycles. The Labute approximate surface area is 111 Å². The highest BCUT2D eigenvalue weighted by molar-refractivity contribution is 7.16. The summed E-state index contributed by atoms with van der Waals surface area (Å²) < 4.78 is 0.736. The predicted molar refractivity (Wildman–Crippen MR) is 71.5 cm³/mol. The summed E-state index contributed by atoms with van der Waals surface area (Å²) >= 11 is 7.37. The molecular formula is C12H17ClN2OS. The molecule has 17 heavy (non-hydrogen) atoms. The van der Waals surface area contributed by atoms with Crippen molar-refractivity contribution in [1.82, 2.24) is 4.90 Å². The fraction of sp³-hybridized carbons (Fsp3) is 0.583. The molecule has 0 radical (unpaired) electrons. The van der Waals surface area contributed by atoms with Crippen LogP contribution in [0.25, 0.3) is 0 Å². The van der Waals surface area contributed by atoms with Crippen molar-refractivity contribution in [3.05, 3.63) is 21.3 Å². The molecule has 94 valence electrons. The number of halogens is 1. The van der Waals surface area contributed by atoms with Crippen LogP contribution in [0.3, 0.4) is 0 Å². The maximum atomic E-state index is 12.3. The first kappa shape index (κ1) is 12.9. The molecule has 1 aliphatic rings. The zero-order chi connectivity index (χ0) is 12.4. The number of nitrogens with two attached hydrogens (primary N) is 1. The minimum Gasteiger partial charge on any atom is -0.342 e. The van der Waals surface area contributed by atoms with E-state index < -0.39 is 0 Å². The topological polar surface area (TPSA) is 46.3 Å². The molecule has 2 N–H and O–H groups in total. The van der Waals surface area contributed by atoms with Crippen LogP contribution in [0.2, 0.25) is 4.34 Å². The summed E-state index contributed by atoms with van der Waals surface area (Å²) in [5.74, 6) is 0.0947. The number of likely N-dealkylation sites (tertiary alicyclic amines) is 1. The van der Waals surface area contributed by atoms with Gasteiger partial charge in [0.1, 0.15) is 0 Å². The SMILES string of the molecule is CC(C(=O)N1CCC(N)CC1)c1ccc(Cl)s1. The van der Waals surface area contributed by atoms with Gasteiger partial charge < -0.3 is 10.6 Å². The van der Waals surface area contributed by atoms with E-state index in [0.717, 1.165) is 35.1 Å². The molecule has 0 bridgehead atoms. The molecule has 1 fully saturated rings. The van der Waals surface area contributed by atoms with Gasteiger partial charge in [0, 0.05) is 24.0 Å². The number of nitrogens with zero attached hydrogens (tertiary/aromatic N) is 1. The summed E-state index contributed by atoms with van der Waals surface area (Å²) in [6, 6.07) is 4.04. The lowest BCUT2D eigenvalue weighted by molar-refractivity contribution is -0.133. The Kier molecular flexibility index (Phi) is 4.07. The number of piperidine rings is 1. The van der Waals surface area contributed by atoms with Crippen LogP contribution >= 0.6 is 22.9 Å². The van der Waals surface area contributed by atoms with E-state index in [0.29, 0.717) is 0 Å². The Morgan fingerprint density at radius 2 is 2.18 bits per heavy atom. The maximum Gasteiger partial charge on any atom is 0.230 e. The van der Waals surface area contributed by atoms with E-state index in [2.05, 4.69) is 0 Å². The number of carbonyl (C=O) groups excluding carboxylic acids is 1. The summed E-state index contributed by atoms with van der Waals surface area (Å²) in [4.78, 5) is 15.2. The third-order valence-corrected chi connectivity index (χ3v) is 4.66. The maximum absolute atomic E-state index is 12.3. The molecule has 1 unspecified atom stereocenters. The first-order valence-corrected chi connectivity index (χ1v) is 7.07. The van der Waals surface area contributed by atoms with Crippen molar-refractivity contribution in [3.63, 3.8) is 0 Å². The van der Waals surface area contributed by atoms with E-state index in [9.17, 15) is 4.79 Å². The van der Waals surface area contributed by atoms with E-state index in [1.54, 1.807) is 0 Å². The van der Waals surface area contributed by atoms with Crippen LogP contribution in [0.4, 0.5) is 0 Å². The Hall–Kier alpha value is -0.580. The number of hydrogen-bond donors (Lipinski definition) is 1. The predicted octanol–water partition coefficient (Wildman–Crippen LogP) is 2.45. The van der Waals surface area contributed by atoms with Gasteiger partial charge in [-0.2, -0.15) is 0 Å². The van der Waals surface area contributed by atoms with Crippen LogP contribution in [0.5, 0.6) is 0 Å². The van der Waals surface area contributed by atoms with Crippen molar-refractivity contribution in [3.8, 4) is 0 Å². The van der Waals surface area contributed by atoms with Gasteiger partial charge in [-0.05, 0) is 31.9 Å². The zero-order valence-electron chi connectivity index (χ0n) is 9.86. The third kappa shape index (κ3) is 3.00. The Balaban J connectivity index is 2.00. The molecule has 2 rings (SSSR count). The normalized spacial score (nSPS) is 19.4. The number of carbonyl (C=O) groups is 1. The summed E-state index contributed by atoms with van der Waals surface area (Å²) in [7, 11) is 0. The highest BCUT2D eigenvalue weighted by Gasteiger charge is 2.26. The van der Waals surface area contributed by atoms with Crippen LogP contribution in [-0.4, -0.2) is 29.9 Å². The van der Waals surface area contributed by atoms with Gasteiger partial charge in [-0.25, -0.2) is 0 Å². The second-order valence-corrected chi connectivity index (χ2v) is 6.27. The minimum atomic E-state index is -0.0955. The molecule has 0 spiro atoms. The Morgan fingerprint density at radius 1 is 1.53 bits per heavy atom. The Morgan fingerprint density at radius 3 is 2.71 bits per heavy atom. The number of thiophene rings is 1. The van der Waals surface area contributed by atoms with Gasteiger partial charge >= 0.3 is 0 Å². The summed E-state index contributed by atoms with van der Waals surface area (Å²) in [5, 5.41) is 0. The molecule has 1 aromatic rings. The van der Waals surface area contributed by atoms with Crippen molar-refractivity contribution < 1.29 is 4.79 Å². The number of amides is 1. The molecule has 2 heterocycles. The molecule has 0 aliphatic carbocycles. The molecule has 0 saturated carbocycles. The van der Waals surface area contributed by atoms with Crippen LogP contribution in [-0.2, 0) is 4.79 Å². The average Bonchev–Trinajstić information content (AvgIpc) is 2.75. The highest BCUT2D eigenvalue weighted by Crippen LogP contribution is 2.29. The second kappa shape index (κ2) is 5.38. The monoisotopic (exact) mass is 272 g/mol. The smallest absolute Gasteiger partial charge is 0.230 e. The molecule has 1 aliphatic heterocycles. The molecule has 1 aromatic heterocycles. The van der Waals surface area contributed by atoms with Gasteiger partial charge in [0.05, 0.1) is 10.3 Å². The van der Waals surface area contributed by atoms with Crippen molar-refractivity contribution >= 4 is 28.8 Å². The van der Waals surface area contributed by atoms with Crippen LogP contribution in [0.1, 0.15) is 30.6 Å². The van der Waals surface area contributed by atoms with Crippen LogP contribution in [0, 0.1) is 0 Å². The van der Waals surface area contributed by atoms with Gasteiger partial charge in [0.15, 0.2) is 0 Å². The molecule has 1 atom stereocenters. The minimum absolute atomic E-state index is 0.0955. The molecule has 5 heteroatoms. The lowest BCUT2D eigenvalue weighted by atomic mass is 10.0. The number of hydrogen-bond acceptors (Lipinski definition) is 3. The van der Waals surface area contributed by atoms with E-state index >= 15 is 0 Å². The first-order valence-electron chi connectivity index (χ1n) is 5.87. The largest absolute Gasteiger partial charge is 0.342 e. The summed E-state index contributed by atoms with van der Waals surface area (Å²) in [6.07, 6.45) is 1.81. The fourth-order valence-electron chi connectivity index (χ4n) is 2.08. The molecule has 0 aromatic carbocycles. The van der Waals surface area contributed by atoms with Crippen molar-refractivity contribution in [2.24, 2.45) is 5.73 Å². The van der Waals surface area contributed by atoms with Gasteiger partial charge in [-0.15, -0.1) is 11.3 Å². The molecule has 1 amide bonds. The van der Waals surface area contributed by atoms with Gasteiger partial charge in [-0.3, -0.25) is 4.79 Å². The van der Waals surface area contributed by atoms with E-state index in [1.165, 1.54) is 11.3 Å². The summed E-state index contributed by atoms with van der Waals surface area (Å²) in [6.45, 7) is 3.51. The van der Waals surface area contributed by atoms with Gasteiger partial charge in [0.25, 0.3) is 0 Å². The quantitative estimate of drug-likeness (QED) is 0.899. The van der Waals surface area contributed by atoms with Crippen molar-refractivity contribution in [1.29, 1.82) is 0 Å². The highest BCUT2D eigenvalue weighted by atomic mass is 35.5. The zero-order valence-corrected chi connectivity index (χ0v) is 11.4. The molecular weight excluding hydrogens is 256 g/mol. The number of rotatable bonds is 2.